The molecule has 0 saturated heterocycles. The van der Waals surface area contributed by atoms with Gasteiger partial charge in [-0.05, 0) is 26.0 Å². The number of carbonyl (C=O) groups is 1. The first-order chi connectivity index (χ1) is 7.59. The lowest BCUT2D eigenvalue weighted by Crippen LogP contribution is -2.14. The molecule has 0 aromatic heterocycles. The predicted octanol–water partition coefficient (Wildman–Crippen LogP) is 1.77. The number of carbonyl (C=O) groups excluding carboxylic acids is 1. The topological polar surface area (TPSA) is 61.5 Å². The monoisotopic (exact) mass is 221 g/mol. The fourth-order valence-electron chi connectivity index (χ4n) is 1.76. The Morgan fingerprint density at radius 3 is 2.94 bits per heavy atom. The molecule has 0 atom stereocenters. The maximum absolute atomic E-state index is 11.7. The molecule has 0 saturated carbocycles. The molecular formula is C12H15NO3. The number of esters is 1. The Labute approximate surface area is 94.3 Å². The van der Waals surface area contributed by atoms with Gasteiger partial charge in [-0.15, -0.1) is 0 Å². The smallest absolute Gasteiger partial charge is 0.340 e. The van der Waals surface area contributed by atoms with Gasteiger partial charge >= 0.3 is 5.97 Å². The van der Waals surface area contributed by atoms with E-state index >= 15 is 0 Å². The van der Waals surface area contributed by atoms with Gasteiger partial charge in [0.1, 0.15) is 5.75 Å². The van der Waals surface area contributed by atoms with E-state index < -0.39 is 0 Å². The Balaban J connectivity index is 2.32. The highest BCUT2D eigenvalue weighted by atomic mass is 16.5. The third-order valence-electron chi connectivity index (χ3n) is 2.49. The average molecular weight is 221 g/mol. The molecule has 0 bridgehead atoms. The quantitative estimate of drug-likeness (QED) is 0.610. The molecule has 86 valence electrons. The van der Waals surface area contributed by atoms with Crippen molar-refractivity contribution in [2.24, 2.45) is 0 Å². The van der Waals surface area contributed by atoms with Gasteiger partial charge in [0, 0.05) is 12.0 Å². The van der Waals surface area contributed by atoms with Crippen molar-refractivity contribution in [3.63, 3.8) is 0 Å². The van der Waals surface area contributed by atoms with Gasteiger partial charge in [-0.2, -0.15) is 0 Å². The van der Waals surface area contributed by atoms with Crippen LogP contribution in [-0.4, -0.2) is 18.7 Å². The molecule has 0 radical (unpaired) electrons. The third-order valence-corrected chi connectivity index (χ3v) is 2.49. The fourth-order valence-corrected chi connectivity index (χ4v) is 1.76. The number of hydrogen-bond donors (Lipinski definition) is 1. The van der Waals surface area contributed by atoms with Crippen molar-refractivity contribution in [3.05, 3.63) is 23.3 Å². The summed E-state index contributed by atoms with van der Waals surface area (Å²) in [5.41, 5.74) is 7.76. The maximum Gasteiger partial charge on any atom is 0.340 e. The van der Waals surface area contributed by atoms with Crippen molar-refractivity contribution >= 4 is 11.7 Å². The SMILES string of the molecule is CC(C)OC(=O)c1ccc2c(c1N)CCO2. The second kappa shape index (κ2) is 4.04. The van der Waals surface area contributed by atoms with Crippen molar-refractivity contribution < 1.29 is 14.3 Å². The minimum absolute atomic E-state index is 0.142. The van der Waals surface area contributed by atoms with Gasteiger partial charge in [0.2, 0.25) is 0 Å². The minimum atomic E-state index is -0.373. The zero-order chi connectivity index (χ0) is 11.7. The average Bonchev–Trinajstić information content (AvgIpc) is 2.65. The molecule has 0 amide bonds. The molecule has 1 aliphatic heterocycles. The summed E-state index contributed by atoms with van der Waals surface area (Å²) in [6, 6.07) is 3.43. The van der Waals surface area contributed by atoms with E-state index in [0.717, 1.165) is 17.7 Å². The minimum Gasteiger partial charge on any atom is -0.493 e. The van der Waals surface area contributed by atoms with Crippen LogP contribution in [-0.2, 0) is 11.2 Å². The summed E-state index contributed by atoms with van der Waals surface area (Å²) in [7, 11) is 0. The second-order valence-electron chi connectivity index (χ2n) is 4.06. The van der Waals surface area contributed by atoms with Crippen LogP contribution in [0.25, 0.3) is 0 Å². The molecule has 1 aromatic carbocycles. The van der Waals surface area contributed by atoms with Gasteiger partial charge in [0.25, 0.3) is 0 Å². The Morgan fingerprint density at radius 1 is 1.50 bits per heavy atom. The first kappa shape index (κ1) is 10.8. The van der Waals surface area contributed by atoms with Gasteiger partial charge in [-0.3, -0.25) is 0 Å². The molecule has 1 heterocycles. The molecule has 2 rings (SSSR count). The van der Waals surface area contributed by atoms with E-state index in [-0.39, 0.29) is 12.1 Å². The van der Waals surface area contributed by atoms with Crippen LogP contribution < -0.4 is 10.5 Å². The van der Waals surface area contributed by atoms with Crippen molar-refractivity contribution in [2.45, 2.75) is 26.4 Å². The highest BCUT2D eigenvalue weighted by molar-refractivity contribution is 5.96. The van der Waals surface area contributed by atoms with Gasteiger partial charge in [0.15, 0.2) is 0 Å². The van der Waals surface area contributed by atoms with Crippen molar-refractivity contribution in [2.75, 3.05) is 12.3 Å². The van der Waals surface area contributed by atoms with Crippen LogP contribution in [0, 0.1) is 0 Å². The number of benzene rings is 1. The van der Waals surface area contributed by atoms with E-state index in [4.69, 9.17) is 15.2 Å². The van der Waals surface area contributed by atoms with Gasteiger partial charge < -0.3 is 15.2 Å². The summed E-state index contributed by atoms with van der Waals surface area (Å²) in [5.74, 6) is 0.404. The zero-order valence-electron chi connectivity index (χ0n) is 9.45. The van der Waals surface area contributed by atoms with E-state index in [2.05, 4.69) is 0 Å². The van der Waals surface area contributed by atoms with Crippen LogP contribution in [0.15, 0.2) is 12.1 Å². The van der Waals surface area contributed by atoms with E-state index in [9.17, 15) is 4.79 Å². The molecule has 1 aromatic rings. The van der Waals surface area contributed by atoms with Gasteiger partial charge in [-0.25, -0.2) is 4.79 Å². The number of anilines is 1. The summed E-state index contributed by atoms with van der Waals surface area (Å²) in [6.07, 6.45) is 0.612. The lowest BCUT2D eigenvalue weighted by Gasteiger charge is -2.11. The first-order valence-electron chi connectivity index (χ1n) is 5.34. The summed E-state index contributed by atoms with van der Waals surface area (Å²) in [4.78, 5) is 11.7. The van der Waals surface area contributed by atoms with Gasteiger partial charge in [0.05, 0.1) is 24.0 Å². The van der Waals surface area contributed by atoms with E-state index in [0.29, 0.717) is 17.9 Å². The van der Waals surface area contributed by atoms with Crippen LogP contribution in [0.5, 0.6) is 5.75 Å². The number of hydrogen-bond acceptors (Lipinski definition) is 4. The molecule has 0 fully saturated rings. The molecule has 4 nitrogen and oxygen atoms in total. The summed E-state index contributed by atoms with van der Waals surface area (Å²) >= 11 is 0. The Morgan fingerprint density at radius 2 is 2.25 bits per heavy atom. The molecular weight excluding hydrogens is 206 g/mol. The zero-order valence-corrected chi connectivity index (χ0v) is 9.45. The summed E-state index contributed by atoms with van der Waals surface area (Å²) < 4.78 is 10.5. The molecule has 1 aliphatic rings. The lowest BCUT2D eigenvalue weighted by molar-refractivity contribution is 0.0379. The van der Waals surface area contributed by atoms with Crippen LogP contribution >= 0.6 is 0 Å². The van der Waals surface area contributed by atoms with Crippen LogP contribution in [0.4, 0.5) is 5.69 Å². The maximum atomic E-state index is 11.7. The van der Waals surface area contributed by atoms with E-state index in [1.807, 2.05) is 13.8 Å². The molecule has 4 heteroatoms. The fraction of sp³-hybridized carbons (Fsp3) is 0.417. The standard InChI is InChI=1S/C12H15NO3/c1-7(2)16-12(14)9-3-4-10-8(11(9)13)5-6-15-10/h3-4,7H,5-6,13H2,1-2H3. The van der Waals surface area contributed by atoms with Crippen molar-refractivity contribution in [1.82, 2.24) is 0 Å². The lowest BCUT2D eigenvalue weighted by atomic mass is 10.1. The second-order valence-corrected chi connectivity index (χ2v) is 4.06. The highest BCUT2D eigenvalue weighted by Gasteiger charge is 2.21. The molecule has 16 heavy (non-hydrogen) atoms. The number of ether oxygens (including phenoxy) is 2. The van der Waals surface area contributed by atoms with Crippen LogP contribution in [0.2, 0.25) is 0 Å². The van der Waals surface area contributed by atoms with E-state index in [1.54, 1.807) is 12.1 Å². The van der Waals surface area contributed by atoms with Gasteiger partial charge in [-0.1, -0.05) is 0 Å². The predicted molar refractivity (Wildman–Crippen MR) is 60.6 cm³/mol. The molecule has 0 spiro atoms. The summed E-state index contributed by atoms with van der Waals surface area (Å²) in [6.45, 7) is 4.25. The number of rotatable bonds is 2. The van der Waals surface area contributed by atoms with E-state index in [1.165, 1.54) is 0 Å². The number of nitrogen functional groups attached to an aromatic ring is 1. The Kier molecular flexibility index (Phi) is 2.73. The third kappa shape index (κ3) is 1.83. The van der Waals surface area contributed by atoms with Crippen LogP contribution in [0.1, 0.15) is 29.8 Å². The molecule has 2 N–H and O–H groups in total. The molecule has 0 aliphatic carbocycles. The van der Waals surface area contributed by atoms with Crippen LogP contribution in [0.3, 0.4) is 0 Å². The first-order valence-corrected chi connectivity index (χ1v) is 5.34. The highest BCUT2D eigenvalue weighted by Crippen LogP contribution is 2.32. The van der Waals surface area contributed by atoms with Crippen molar-refractivity contribution in [1.29, 1.82) is 0 Å². The number of fused-ring (bicyclic) bond motifs is 1. The molecule has 0 unspecified atom stereocenters. The Hall–Kier alpha value is -1.71. The van der Waals surface area contributed by atoms with Crippen molar-refractivity contribution in [3.8, 4) is 5.75 Å². The largest absolute Gasteiger partial charge is 0.493 e. The Bertz CT molecular complexity index is 427. The summed E-state index contributed by atoms with van der Waals surface area (Å²) in [5, 5.41) is 0. The number of nitrogens with two attached hydrogens (primary N) is 1. The normalized spacial score (nSPS) is 13.4.